The minimum Gasteiger partial charge on any atom is -0.493 e. The van der Waals surface area contributed by atoms with Crippen molar-refractivity contribution >= 4 is 29.2 Å². The fourth-order valence-electron chi connectivity index (χ4n) is 3.61. The molecule has 33 heavy (non-hydrogen) atoms. The third-order valence-electron chi connectivity index (χ3n) is 5.37. The van der Waals surface area contributed by atoms with Gasteiger partial charge in [-0.1, -0.05) is 60.5 Å². The first-order valence-electron chi connectivity index (χ1n) is 10.9. The van der Waals surface area contributed by atoms with Crippen LogP contribution < -0.4 is 10.3 Å². The monoisotopic (exact) mass is 487 g/mol. The summed E-state index contributed by atoms with van der Waals surface area (Å²) in [4.78, 5) is 24.5. The van der Waals surface area contributed by atoms with Crippen molar-refractivity contribution in [2.24, 2.45) is 0 Å². The molecule has 0 aliphatic rings. The standard InChI is InChI=1S/C26H27Cl2NO4/c1-3-16-33-24-7-5-4-6-19(24)12-13-23-21(27)17-22(28)25(30)29(23)15-14-18-8-10-20(11-9-18)26(31)32-2/h4-11,17H,3,12-16H2,1-2H3. The quantitative estimate of drug-likeness (QED) is 0.341. The number of carbonyl (C=O) groups is 1. The van der Waals surface area contributed by atoms with E-state index in [-0.39, 0.29) is 16.6 Å². The molecule has 0 amide bonds. The molecular formula is C26H27Cl2NO4. The van der Waals surface area contributed by atoms with E-state index in [4.69, 9.17) is 32.7 Å². The number of aryl methyl sites for hydroxylation is 2. The van der Waals surface area contributed by atoms with E-state index < -0.39 is 0 Å². The zero-order chi connectivity index (χ0) is 23.8. The van der Waals surface area contributed by atoms with Crippen LogP contribution in [0, 0.1) is 0 Å². The molecule has 0 aliphatic heterocycles. The molecule has 0 aliphatic carbocycles. The smallest absolute Gasteiger partial charge is 0.337 e. The van der Waals surface area contributed by atoms with Crippen LogP contribution in [0.15, 0.2) is 59.4 Å². The minimum atomic E-state index is -0.384. The van der Waals surface area contributed by atoms with E-state index in [2.05, 4.69) is 6.92 Å². The van der Waals surface area contributed by atoms with Crippen LogP contribution in [0.5, 0.6) is 5.75 Å². The van der Waals surface area contributed by atoms with Crippen LogP contribution in [0.25, 0.3) is 0 Å². The summed E-state index contributed by atoms with van der Waals surface area (Å²) in [6.07, 6.45) is 2.76. The van der Waals surface area contributed by atoms with Crippen molar-refractivity contribution < 1.29 is 14.3 Å². The maximum Gasteiger partial charge on any atom is 0.337 e. The summed E-state index contributed by atoms with van der Waals surface area (Å²) in [5.41, 5.74) is 3.00. The molecule has 0 saturated heterocycles. The first-order chi connectivity index (χ1) is 15.9. The third-order valence-corrected chi connectivity index (χ3v) is 5.97. The van der Waals surface area contributed by atoms with Crippen molar-refractivity contribution in [1.29, 1.82) is 0 Å². The Hall–Kier alpha value is -2.76. The molecule has 0 unspecified atom stereocenters. The molecule has 0 bridgehead atoms. The number of ether oxygens (including phenoxy) is 2. The SMILES string of the molecule is CCCOc1ccccc1CCc1c(Cl)cc(Cl)c(=O)n1CCc1ccc(C(=O)OC)cc1. The van der Waals surface area contributed by atoms with E-state index in [0.29, 0.717) is 43.0 Å². The number of hydrogen-bond donors (Lipinski definition) is 0. The van der Waals surface area contributed by atoms with Gasteiger partial charge < -0.3 is 14.0 Å². The lowest BCUT2D eigenvalue weighted by Gasteiger charge is -2.17. The number of nitrogens with zero attached hydrogens (tertiary/aromatic N) is 1. The van der Waals surface area contributed by atoms with Crippen molar-refractivity contribution in [2.45, 2.75) is 39.2 Å². The van der Waals surface area contributed by atoms with Crippen LogP contribution >= 0.6 is 23.2 Å². The molecule has 3 rings (SSSR count). The molecule has 2 aromatic carbocycles. The number of carbonyl (C=O) groups excluding carboxylic acids is 1. The van der Waals surface area contributed by atoms with Gasteiger partial charge in [-0.2, -0.15) is 0 Å². The van der Waals surface area contributed by atoms with Crippen LogP contribution in [0.2, 0.25) is 10.0 Å². The second-order valence-electron chi connectivity index (χ2n) is 7.64. The average Bonchev–Trinajstić information content (AvgIpc) is 2.83. The predicted molar refractivity (Wildman–Crippen MR) is 132 cm³/mol. The molecule has 1 aromatic heterocycles. The summed E-state index contributed by atoms with van der Waals surface area (Å²) in [7, 11) is 1.35. The number of rotatable bonds is 10. The Balaban J connectivity index is 1.80. The zero-order valence-electron chi connectivity index (χ0n) is 18.8. The fraction of sp³-hybridized carbons (Fsp3) is 0.308. The number of pyridine rings is 1. The Bertz CT molecular complexity index is 1160. The number of benzene rings is 2. The number of aromatic nitrogens is 1. The van der Waals surface area contributed by atoms with Gasteiger partial charge in [0, 0.05) is 12.2 Å². The zero-order valence-corrected chi connectivity index (χ0v) is 20.3. The summed E-state index contributed by atoms with van der Waals surface area (Å²) in [5.74, 6) is 0.467. The highest BCUT2D eigenvalue weighted by molar-refractivity contribution is 6.34. The van der Waals surface area contributed by atoms with E-state index >= 15 is 0 Å². The van der Waals surface area contributed by atoms with Gasteiger partial charge in [-0.3, -0.25) is 4.79 Å². The first kappa shape index (κ1) is 24.9. The minimum absolute atomic E-state index is 0.0940. The highest BCUT2D eigenvalue weighted by Crippen LogP contribution is 2.24. The summed E-state index contributed by atoms with van der Waals surface area (Å²) in [5, 5.41) is 0.559. The molecule has 174 valence electrons. The summed E-state index contributed by atoms with van der Waals surface area (Å²) in [6, 6.07) is 16.6. The highest BCUT2D eigenvalue weighted by atomic mass is 35.5. The Morgan fingerprint density at radius 1 is 0.970 bits per heavy atom. The molecule has 3 aromatic rings. The maximum atomic E-state index is 12.9. The molecular weight excluding hydrogens is 461 g/mol. The van der Waals surface area contributed by atoms with Gasteiger partial charge >= 0.3 is 5.97 Å². The largest absolute Gasteiger partial charge is 0.493 e. The average molecular weight is 488 g/mol. The van der Waals surface area contributed by atoms with Crippen LogP contribution in [0.3, 0.4) is 0 Å². The predicted octanol–water partition coefficient (Wildman–Crippen LogP) is 5.76. The van der Waals surface area contributed by atoms with E-state index in [1.54, 1.807) is 16.7 Å². The van der Waals surface area contributed by atoms with Crippen molar-refractivity contribution in [3.8, 4) is 5.75 Å². The second-order valence-corrected chi connectivity index (χ2v) is 8.45. The van der Waals surface area contributed by atoms with Crippen LogP contribution in [0.1, 0.15) is 40.5 Å². The molecule has 5 nitrogen and oxygen atoms in total. The van der Waals surface area contributed by atoms with E-state index in [9.17, 15) is 9.59 Å². The number of esters is 1. The lowest BCUT2D eigenvalue weighted by atomic mass is 10.1. The fourth-order valence-corrected chi connectivity index (χ4v) is 4.18. The van der Waals surface area contributed by atoms with Gasteiger partial charge in [0.1, 0.15) is 10.8 Å². The van der Waals surface area contributed by atoms with Gasteiger partial charge in [-0.05, 0) is 61.1 Å². The Morgan fingerprint density at radius 2 is 1.70 bits per heavy atom. The van der Waals surface area contributed by atoms with E-state index in [0.717, 1.165) is 29.0 Å². The molecule has 0 atom stereocenters. The Kier molecular flexibility index (Phi) is 8.98. The number of methoxy groups -OCH3 is 1. The lowest BCUT2D eigenvalue weighted by molar-refractivity contribution is 0.0600. The number of halogens is 2. The summed E-state index contributed by atoms with van der Waals surface area (Å²) < 4.78 is 12.2. The Labute approximate surface area is 203 Å². The van der Waals surface area contributed by atoms with Crippen LogP contribution in [-0.2, 0) is 30.5 Å². The molecule has 0 saturated carbocycles. The Morgan fingerprint density at radius 3 is 2.39 bits per heavy atom. The van der Waals surface area contributed by atoms with E-state index in [1.807, 2.05) is 36.4 Å². The molecule has 0 radical (unpaired) electrons. The summed E-state index contributed by atoms with van der Waals surface area (Å²) in [6.45, 7) is 3.13. The van der Waals surface area contributed by atoms with Crippen LogP contribution in [-0.4, -0.2) is 24.3 Å². The number of hydrogen-bond acceptors (Lipinski definition) is 4. The van der Waals surface area contributed by atoms with Gasteiger partial charge in [0.05, 0.1) is 24.3 Å². The van der Waals surface area contributed by atoms with Crippen molar-refractivity contribution in [3.05, 3.63) is 97.4 Å². The van der Waals surface area contributed by atoms with Gasteiger partial charge in [-0.25, -0.2) is 4.79 Å². The van der Waals surface area contributed by atoms with Gasteiger partial charge in [0.15, 0.2) is 0 Å². The van der Waals surface area contributed by atoms with Gasteiger partial charge in [-0.15, -0.1) is 0 Å². The topological polar surface area (TPSA) is 57.5 Å². The third kappa shape index (κ3) is 6.40. The molecule has 1 heterocycles. The molecule has 0 N–H and O–H groups in total. The second kappa shape index (κ2) is 11.9. The van der Waals surface area contributed by atoms with Crippen molar-refractivity contribution in [1.82, 2.24) is 4.57 Å². The normalized spacial score (nSPS) is 10.8. The summed E-state index contributed by atoms with van der Waals surface area (Å²) >= 11 is 12.7. The highest BCUT2D eigenvalue weighted by Gasteiger charge is 2.14. The molecule has 0 spiro atoms. The van der Waals surface area contributed by atoms with Crippen LogP contribution in [0.4, 0.5) is 0 Å². The molecule has 0 fully saturated rings. The van der Waals surface area contributed by atoms with Crippen molar-refractivity contribution in [3.63, 3.8) is 0 Å². The first-order valence-corrected chi connectivity index (χ1v) is 11.7. The lowest BCUT2D eigenvalue weighted by Crippen LogP contribution is -2.26. The molecule has 7 heteroatoms. The maximum absolute atomic E-state index is 12.9. The van der Waals surface area contributed by atoms with Gasteiger partial charge in [0.2, 0.25) is 0 Å². The van der Waals surface area contributed by atoms with Crippen molar-refractivity contribution in [2.75, 3.05) is 13.7 Å². The number of para-hydroxylation sites is 1. The van der Waals surface area contributed by atoms with Gasteiger partial charge in [0.25, 0.3) is 5.56 Å². The van der Waals surface area contributed by atoms with E-state index in [1.165, 1.54) is 13.2 Å².